The Morgan fingerprint density at radius 1 is 1.23 bits per heavy atom. The number of fused-ring (bicyclic) bond motifs is 1. The fourth-order valence-corrected chi connectivity index (χ4v) is 3.79. The van der Waals surface area contributed by atoms with Crippen molar-refractivity contribution in [3.05, 3.63) is 66.0 Å². The first-order chi connectivity index (χ1) is 12.7. The van der Waals surface area contributed by atoms with Crippen LogP contribution in [-0.4, -0.2) is 27.7 Å². The lowest BCUT2D eigenvalue weighted by atomic mass is 9.98. The minimum Gasteiger partial charge on any atom is -0.331 e. The molecule has 3 aromatic rings. The highest BCUT2D eigenvalue weighted by atomic mass is 16.2. The number of benzene rings is 2. The highest BCUT2D eigenvalue weighted by molar-refractivity contribution is 5.83. The molecule has 2 N–H and O–H groups in total. The van der Waals surface area contributed by atoms with Crippen molar-refractivity contribution < 1.29 is 4.79 Å². The maximum atomic E-state index is 12.9. The predicted octanol–water partition coefficient (Wildman–Crippen LogP) is 4.56. The highest BCUT2D eigenvalue weighted by Gasteiger charge is 2.29. The fourth-order valence-electron chi connectivity index (χ4n) is 3.79. The Labute approximate surface area is 153 Å². The summed E-state index contributed by atoms with van der Waals surface area (Å²) in [7, 11) is 0. The van der Waals surface area contributed by atoms with Crippen LogP contribution in [0.2, 0.25) is 0 Å². The van der Waals surface area contributed by atoms with Crippen LogP contribution in [0.1, 0.15) is 49.4 Å². The molecule has 1 aliphatic heterocycles. The molecule has 0 saturated carbocycles. The number of piperidine rings is 1. The Kier molecular flexibility index (Phi) is 4.61. The summed E-state index contributed by atoms with van der Waals surface area (Å²) >= 11 is 0. The Morgan fingerprint density at radius 3 is 2.88 bits per heavy atom. The molecule has 1 aliphatic rings. The summed E-state index contributed by atoms with van der Waals surface area (Å²) in [5.41, 5.74) is 2.20. The molecule has 2 heterocycles. The van der Waals surface area contributed by atoms with Crippen LogP contribution in [0.5, 0.6) is 0 Å². The molecule has 1 saturated heterocycles. The minimum absolute atomic E-state index is 0.00319. The van der Waals surface area contributed by atoms with Crippen LogP contribution in [0.15, 0.2) is 54.9 Å². The van der Waals surface area contributed by atoms with E-state index in [-0.39, 0.29) is 18.1 Å². The molecule has 2 amide bonds. The van der Waals surface area contributed by atoms with Crippen molar-refractivity contribution in [1.29, 1.82) is 0 Å². The van der Waals surface area contributed by atoms with Crippen LogP contribution in [0.4, 0.5) is 4.79 Å². The van der Waals surface area contributed by atoms with Crippen LogP contribution >= 0.6 is 0 Å². The first kappa shape index (κ1) is 16.6. The topological polar surface area (TPSA) is 61.0 Å². The van der Waals surface area contributed by atoms with Crippen molar-refractivity contribution in [3.63, 3.8) is 0 Å². The van der Waals surface area contributed by atoms with E-state index in [4.69, 9.17) is 0 Å². The van der Waals surface area contributed by atoms with E-state index in [2.05, 4.69) is 45.8 Å². The number of nitrogens with zero attached hydrogens (tertiary/aromatic N) is 2. The van der Waals surface area contributed by atoms with Gasteiger partial charge >= 0.3 is 6.03 Å². The van der Waals surface area contributed by atoms with Gasteiger partial charge in [-0.3, -0.25) is 5.10 Å². The quantitative estimate of drug-likeness (QED) is 0.729. The van der Waals surface area contributed by atoms with Crippen molar-refractivity contribution in [2.24, 2.45) is 0 Å². The van der Waals surface area contributed by atoms with Gasteiger partial charge in [-0.25, -0.2) is 4.79 Å². The number of likely N-dealkylation sites (tertiary alicyclic amines) is 1. The smallest absolute Gasteiger partial charge is 0.318 e. The maximum absolute atomic E-state index is 12.9. The van der Waals surface area contributed by atoms with Gasteiger partial charge in [0.1, 0.15) is 0 Å². The molecule has 0 aliphatic carbocycles. The lowest BCUT2D eigenvalue weighted by molar-refractivity contribution is 0.149. The van der Waals surface area contributed by atoms with Gasteiger partial charge < -0.3 is 10.2 Å². The first-order valence-electron chi connectivity index (χ1n) is 9.27. The van der Waals surface area contributed by atoms with Crippen LogP contribution in [-0.2, 0) is 0 Å². The van der Waals surface area contributed by atoms with Crippen molar-refractivity contribution >= 4 is 16.8 Å². The van der Waals surface area contributed by atoms with Crippen molar-refractivity contribution in [2.75, 3.05) is 6.54 Å². The zero-order valence-electron chi connectivity index (χ0n) is 15.0. The fraction of sp³-hybridized carbons (Fsp3) is 0.333. The van der Waals surface area contributed by atoms with Crippen molar-refractivity contribution in [2.45, 2.75) is 38.3 Å². The molecule has 2 unspecified atom stereocenters. The molecule has 5 heteroatoms. The molecule has 134 valence electrons. The van der Waals surface area contributed by atoms with Crippen LogP contribution in [0.25, 0.3) is 10.8 Å². The second-order valence-corrected chi connectivity index (χ2v) is 7.01. The number of nitrogens with one attached hydrogen (secondary N) is 2. The standard InChI is InChI=1S/C21H24N4O/c1-15(17-10-9-16-6-2-3-7-18(16)12-17)24-21(26)25-11-5-4-8-20(25)19-13-22-23-14-19/h2-3,6-7,9-10,12-15,20H,4-5,8,11H2,1H3,(H,22,23)(H,24,26). The second-order valence-electron chi connectivity index (χ2n) is 7.01. The highest BCUT2D eigenvalue weighted by Crippen LogP contribution is 2.30. The van der Waals surface area contributed by atoms with Crippen molar-refractivity contribution in [1.82, 2.24) is 20.4 Å². The van der Waals surface area contributed by atoms with E-state index in [0.717, 1.165) is 36.9 Å². The number of aromatic nitrogens is 2. The van der Waals surface area contributed by atoms with Gasteiger partial charge in [0.25, 0.3) is 0 Å². The molecule has 0 bridgehead atoms. The SMILES string of the molecule is CC(NC(=O)N1CCCCC1c1cn[nH]c1)c1ccc2ccccc2c1. The van der Waals surface area contributed by atoms with Gasteiger partial charge in [-0.05, 0) is 48.6 Å². The molecule has 2 atom stereocenters. The Balaban J connectivity index is 1.50. The number of urea groups is 1. The number of H-pyrrole nitrogens is 1. The summed E-state index contributed by atoms with van der Waals surface area (Å²) in [5, 5.41) is 12.5. The molecule has 26 heavy (non-hydrogen) atoms. The third-order valence-corrected chi connectivity index (χ3v) is 5.28. The predicted molar refractivity (Wildman–Crippen MR) is 103 cm³/mol. The average Bonchev–Trinajstić information content (AvgIpc) is 3.22. The molecular weight excluding hydrogens is 324 g/mol. The summed E-state index contributed by atoms with van der Waals surface area (Å²) in [4.78, 5) is 14.9. The second kappa shape index (κ2) is 7.20. The van der Waals surface area contributed by atoms with E-state index in [0.29, 0.717) is 0 Å². The molecule has 1 aromatic heterocycles. The lowest BCUT2D eigenvalue weighted by Gasteiger charge is -2.36. The van der Waals surface area contributed by atoms with Crippen LogP contribution in [0, 0.1) is 0 Å². The van der Waals surface area contributed by atoms with Gasteiger partial charge in [0, 0.05) is 18.3 Å². The monoisotopic (exact) mass is 348 g/mol. The van der Waals surface area contributed by atoms with E-state index in [1.807, 2.05) is 36.4 Å². The molecular formula is C21H24N4O. The number of carbonyl (C=O) groups excluding carboxylic acids is 1. The third-order valence-electron chi connectivity index (χ3n) is 5.28. The zero-order valence-corrected chi connectivity index (χ0v) is 15.0. The van der Waals surface area contributed by atoms with Gasteiger partial charge in [-0.2, -0.15) is 5.10 Å². The van der Waals surface area contributed by atoms with E-state index in [1.54, 1.807) is 0 Å². The van der Waals surface area contributed by atoms with Gasteiger partial charge in [0.05, 0.1) is 18.3 Å². The van der Waals surface area contributed by atoms with Gasteiger partial charge in [0.15, 0.2) is 0 Å². The summed E-state index contributed by atoms with van der Waals surface area (Å²) in [5.74, 6) is 0. The number of aromatic amines is 1. The third kappa shape index (κ3) is 3.29. The van der Waals surface area contributed by atoms with Gasteiger partial charge in [-0.1, -0.05) is 36.4 Å². The number of amides is 2. The summed E-state index contributed by atoms with van der Waals surface area (Å²) in [6.45, 7) is 2.82. The number of rotatable bonds is 3. The van der Waals surface area contributed by atoms with Crippen LogP contribution < -0.4 is 5.32 Å². The molecule has 1 fully saturated rings. The lowest BCUT2D eigenvalue weighted by Crippen LogP contribution is -2.45. The number of carbonyl (C=O) groups is 1. The Morgan fingerprint density at radius 2 is 2.08 bits per heavy atom. The Hall–Kier alpha value is -2.82. The molecule has 5 nitrogen and oxygen atoms in total. The van der Waals surface area contributed by atoms with Gasteiger partial charge in [0.2, 0.25) is 0 Å². The summed E-state index contributed by atoms with van der Waals surface area (Å²) < 4.78 is 0. The van der Waals surface area contributed by atoms with E-state index in [9.17, 15) is 4.79 Å². The largest absolute Gasteiger partial charge is 0.331 e. The average molecular weight is 348 g/mol. The molecule has 0 radical (unpaired) electrons. The minimum atomic E-state index is -0.0426. The first-order valence-corrected chi connectivity index (χ1v) is 9.27. The van der Waals surface area contributed by atoms with E-state index >= 15 is 0 Å². The normalized spacial score (nSPS) is 18.7. The van der Waals surface area contributed by atoms with Crippen LogP contribution in [0.3, 0.4) is 0 Å². The number of hydrogen-bond acceptors (Lipinski definition) is 2. The van der Waals surface area contributed by atoms with Gasteiger partial charge in [-0.15, -0.1) is 0 Å². The summed E-state index contributed by atoms with van der Waals surface area (Å²) in [6.07, 6.45) is 6.88. The zero-order chi connectivity index (χ0) is 17.9. The Bertz CT molecular complexity index is 890. The van der Waals surface area contributed by atoms with Crippen molar-refractivity contribution in [3.8, 4) is 0 Å². The molecule has 0 spiro atoms. The summed E-state index contributed by atoms with van der Waals surface area (Å²) in [6, 6.07) is 14.7. The maximum Gasteiger partial charge on any atom is 0.318 e. The van der Waals surface area contributed by atoms with E-state index < -0.39 is 0 Å². The molecule has 2 aromatic carbocycles. The number of hydrogen-bond donors (Lipinski definition) is 2. The van der Waals surface area contributed by atoms with E-state index in [1.165, 1.54) is 10.8 Å². The molecule has 4 rings (SSSR count).